The van der Waals surface area contributed by atoms with Crippen LogP contribution in [0.4, 0.5) is 5.69 Å². The van der Waals surface area contributed by atoms with Crippen LogP contribution in [0.2, 0.25) is 0 Å². The molecular weight excluding hydrogens is 298 g/mol. The number of nitro benzene ring substituents is 1. The zero-order valence-corrected chi connectivity index (χ0v) is 12.2. The van der Waals surface area contributed by atoms with Gasteiger partial charge >= 0.3 is 0 Å². The third-order valence-corrected chi connectivity index (χ3v) is 3.46. The number of nitro groups is 1. The molecule has 1 saturated heterocycles. The fraction of sp³-hybridized carbons (Fsp3) is 0.462. The van der Waals surface area contributed by atoms with E-state index in [1.54, 1.807) is 18.2 Å². The van der Waals surface area contributed by atoms with Crippen molar-refractivity contribution in [1.29, 1.82) is 0 Å². The maximum absolute atomic E-state index is 12.1. The Morgan fingerprint density at radius 3 is 2.62 bits per heavy atom. The van der Waals surface area contributed by atoms with Gasteiger partial charge in [-0.25, -0.2) is 0 Å². The van der Waals surface area contributed by atoms with Gasteiger partial charge in [-0.2, -0.15) is 0 Å². The largest absolute Gasteiger partial charge is 0.381 e. The summed E-state index contributed by atoms with van der Waals surface area (Å²) in [7, 11) is 0. The van der Waals surface area contributed by atoms with E-state index in [0.29, 0.717) is 31.6 Å². The normalized spacial score (nSPS) is 16.6. The van der Waals surface area contributed by atoms with E-state index in [4.69, 9.17) is 10.5 Å². The molecule has 0 aromatic heterocycles. The monoisotopic (exact) mass is 315 g/mol. The molecule has 21 heavy (non-hydrogen) atoms. The number of amides is 1. The summed E-state index contributed by atoms with van der Waals surface area (Å²) in [5.74, 6) is -0.293. The van der Waals surface area contributed by atoms with Gasteiger partial charge in [0.1, 0.15) is 0 Å². The molecule has 1 aliphatic heterocycles. The highest BCUT2D eigenvalue weighted by molar-refractivity contribution is 5.86. The maximum Gasteiger partial charge on any atom is 0.274 e. The van der Waals surface area contributed by atoms with Gasteiger partial charge in [-0.05, 0) is 12.8 Å². The Labute approximate surface area is 128 Å². The molecular formula is C13H18ClN3O4. The molecule has 0 spiro atoms. The first-order valence-corrected chi connectivity index (χ1v) is 6.40. The summed E-state index contributed by atoms with van der Waals surface area (Å²) >= 11 is 0. The molecule has 116 valence electrons. The summed E-state index contributed by atoms with van der Waals surface area (Å²) in [6, 6.07) is 6.31. The Kier molecular flexibility index (Phi) is 6.07. The summed E-state index contributed by atoms with van der Waals surface area (Å²) in [4.78, 5) is 22.5. The lowest BCUT2D eigenvalue weighted by Gasteiger charge is -2.31. The van der Waals surface area contributed by atoms with Crippen molar-refractivity contribution in [2.75, 3.05) is 13.2 Å². The second-order valence-electron chi connectivity index (χ2n) is 4.84. The van der Waals surface area contributed by atoms with Crippen molar-refractivity contribution in [1.82, 2.24) is 5.32 Å². The van der Waals surface area contributed by atoms with Crippen molar-refractivity contribution < 1.29 is 14.5 Å². The number of benzene rings is 1. The molecule has 1 aliphatic rings. The van der Waals surface area contributed by atoms with Crippen molar-refractivity contribution in [3.63, 3.8) is 0 Å². The van der Waals surface area contributed by atoms with Crippen LogP contribution in [0, 0.1) is 10.1 Å². The van der Waals surface area contributed by atoms with Crippen LogP contribution in [0.25, 0.3) is 0 Å². The van der Waals surface area contributed by atoms with E-state index in [9.17, 15) is 14.9 Å². The zero-order chi connectivity index (χ0) is 14.6. The number of ether oxygens (including phenoxy) is 1. The first kappa shape index (κ1) is 17.4. The lowest BCUT2D eigenvalue weighted by atomic mass is 9.90. The van der Waals surface area contributed by atoms with Gasteiger partial charge in [-0.1, -0.05) is 18.2 Å². The van der Waals surface area contributed by atoms with Crippen molar-refractivity contribution in [2.45, 2.75) is 24.9 Å². The molecule has 8 heteroatoms. The number of para-hydroxylation sites is 1. The van der Waals surface area contributed by atoms with Crippen LogP contribution in [-0.2, 0) is 16.1 Å². The Morgan fingerprint density at radius 1 is 1.38 bits per heavy atom. The van der Waals surface area contributed by atoms with Gasteiger partial charge in [0.05, 0.1) is 10.5 Å². The number of halogens is 1. The SMILES string of the molecule is Cl.NC1(C(=O)NCc2ccccc2[N+](=O)[O-])CCOCC1. The standard InChI is InChI=1S/C13H17N3O4.ClH/c14-13(5-7-20-8-6-13)12(17)15-9-10-3-1-2-4-11(10)16(18)19;/h1-4H,5-9,14H2,(H,15,17);1H. The Morgan fingerprint density at radius 2 is 2.00 bits per heavy atom. The van der Waals surface area contributed by atoms with Gasteiger partial charge in [0.25, 0.3) is 5.69 Å². The van der Waals surface area contributed by atoms with Gasteiger partial charge in [0.15, 0.2) is 0 Å². The van der Waals surface area contributed by atoms with E-state index < -0.39 is 10.5 Å². The molecule has 0 radical (unpaired) electrons. The number of nitrogens with one attached hydrogen (secondary N) is 1. The van der Waals surface area contributed by atoms with Crippen LogP contribution in [-0.4, -0.2) is 29.6 Å². The summed E-state index contributed by atoms with van der Waals surface area (Å²) in [5.41, 5.74) is 5.55. The van der Waals surface area contributed by atoms with Gasteiger partial charge < -0.3 is 15.8 Å². The molecule has 0 unspecified atom stereocenters. The molecule has 1 fully saturated rings. The highest BCUT2D eigenvalue weighted by Gasteiger charge is 2.35. The lowest BCUT2D eigenvalue weighted by molar-refractivity contribution is -0.385. The minimum Gasteiger partial charge on any atom is -0.381 e. The molecule has 1 aromatic carbocycles. The number of hydrogen-bond acceptors (Lipinski definition) is 5. The molecule has 0 bridgehead atoms. The molecule has 1 amide bonds. The molecule has 7 nitrogen and oxygen atoms in total. The van der Waals surface area contributed by atoms with Crippen LogP contribution < -0.4 is 11.1 Å². The number of hydrogen-bond donors (Lipinski definition) is 2. The van der Waals surface area contributed by atoms with Crippen molar-refractivity contribution >= 4 is 24.0 Å². The second kappa shape index (κ2) is 7.35. The van der Waals surface area contributed by atoms with E-state index >= 15 is 0 Å². The van der Waals surface area contributed by atoms with Crippen LogP contribution in [0.5, 0.6) is 0 Å². The van der Waals surface area contributed by atoms with Gasteiger partial charge in [0.2, 0.25) is 5.91 Å². The van der Waals surface area contributed by atoms with E-state index in [1.807, 2.05) is 0 Å². The Bertz CT molecular complexity index is 518. The minimum absolute atomic E-state index is 0. The first-order valence-electron chi connectivity index (χ1n) is 6.40. The Hall–Kier alpha value is -1.70. The highest BCUT2D eigenvalue weighted by Crippen LogP contribution is 2.20. The van der Waals surface area contributed by atoms with Crippen LogP contribution >= 0.6 is 12.4 Å². The van der Waals surface area contributed by atoms with Crippen molar-refractivity contribution in [2.24, 2.45) is 5.73 Å². The summed E-state index contributed by atoms with van der Waals surface area (Å²) < 4.78 is 5.18. The average molecular weight is 316 g/mol. The molecule has 0 atom stereocenters. The van der Waals surface area contributed by atoms with Crippen molar-refractivity contribution in [3.8, 4) is 0 Å². The third kappa shape index (κ3) is 4.13. The van der Waals surface area contributed by atoms with E-state index in [1.165, 1.54) is 6.07 Å². The van der Waals surface area contributed by atoms with Gasteiger partial charge in [0, 0.05) is 31.4 Å². The van der Waals surface area contributed by atoms with Crippen LogP contribution in [0.15, 0.2) is 24.3 Å². The number of rotatable bonds is 4. The van der Waals surface area contributed by atoms with Gasteiger partial charge in [-0.3, -0.25) is 14.9 Å². The third-order valence-electron chi connectivity index (χ3n) is 3.46. The number of nitrogens with zero attached hydrogens (tertiary/aromatic N) is 1. The highest BCUT2D eigenvalue weighted by atomic mass is 35.5. The molecule has 2 rings (SSSR count). The predicted molar refractivity (Wildman–Crippen MR) is 79.2 cm³/mol. The second-order valence-corrected chi connectivity index (χ2v) is 4.84. The summed E-state index contributed by atoms with van der Waals surface area (Å²) in [6.07, 6.45) is 0.908. The van der Waals surface area contributed by atoms with Crippen LogP contribution in [0.1, 0.15) is 18.4 Å². The zero-order valence-electron chi connectivity index (χ0n) is 11.4. The summed E-state index contributed by atoms with van der Waals surface area (Å²) in [6.45, 7) is 1.00. The first-order chi connectivity index (χ1) is 9.53. The predicted octanol–water partition coefficient (Wildman–Crippen LogP) is 1.14. The number of carbonyl (C=O) groups is 1. The quantitative estimate of drug-likeness (QED) is 0.640. The maximum atomic E-state index is 12.1. The fourth-order valence-corrected chi connectivity index (χ4v) is 2.15. The van der Waals surface area contributed by atoms with Gasteiger partial charge in [-0.15, -0.1) is 12.4 Å². The Balaban J connectivity index is 0.00000220. The van der Waals surface area contributed by atoms with Crippen molar-refractivity contribution in [3.05, 3.63) is 39.9 Å². The smallest absolute Gasteiger partial charge is 0.274 e. The average Bonchev–Trinajstić information content (AvgIpc) is 2.45. The molecule has 1 aromatic rings. The molecule has 1 heterocycles. The fourth-order valence-electron chi connectivity index (χ4n) is 2.15. The van der Waals surface area contributed by atoms with E-state index in [0.717, 1.165) is 0 Å². The lowest BCUT2D eigenvalue weighted by Crippen LogP contribution is -2.56. The number of carbonyl (C=O) groups excluding carboxylic acids is 1. The molecule has 3 N–H and O–H groups in total. The summed E-state index contributed by atoms with van der Waals surface area (Å²) in [5, 5.41) is 13.6. The minimum atomic E-state index is -0.943. The topological polar surface area (TPSA) is 107 Å². The van der Waals surface area contributed by atoms with E-state index in [2.05, 4.69) is 5.32 Å². The molecule has 0 saturated carbocycles. The van der Waals surface area contributed by atoms with Crippen LogP contribution in [0.3, 0.4) is 0 Å². The molecule has 0 aliphatic carbocycles. The van der Waals surface area contributed by atoms with E-state index in [-0.39, 0.29) is 30.5 Å². The number of nitrogens with two attached hydrogens (primary N) is 1.